The van der Waals surface area contributed by atoms with Crippen LogP contribution < -0.4 is 4.90 Å². The normalized spacial score (nSPS) is 12.0. The second-order valence-electron chi connectivity index (χ2n) is 13.9. The van der Waals surface area contributed by atoms with Gasteiger partial charge in [0.25, 0.3) is 0 Å². The third-order valence-electron chi connectivity index (χ3n) is 10.8. The highest BCUT2D eigenvalue weighted by molar-refractivity contribution is 7.26. The predicted molar refractivity (Wildman–Crippen MR) is 229 cm³/mol. The van der Waals surface area contributed by atoms with Crippen molar-refractivity contribution in [1.82, 2.24) is 9.55 Å². The second kappa shape index (κ2) is 11.7. The molecule has 0 unspecified atom stereocenters. The lowest BCUT2D eigenvalue weighted by Gasteiger charge is -2.27. The lowest BCUT2D eigenvalue weighted by molar-refractivity contribution is 0.622. The number of rotatable bonds is 5. The zero-order valence-electron chi connectivity index (χ0n) is 29.3. The molecule has 0 spiro atoms. The minimum Gasteiger partial charge on any atom is -0.456 e. The molecule has 4 heterocycles. The van der Waals surface area contributed by atoms with Crippen molar-refractivity contribution in [2.45, 2.75) is 0 Å². The standard InChI is InChI=1S/C49H29N3O2S/c1-3-12-30(13-4-1)49-50-38-26-27-42-47(48(38)54-49)36-25-23-33(29-43(36)53-42)51(40-19-11-21-45-46(40)37-17-8-10-20-44(37)55-45)32-22-24-35-34-16-7-9-18-39(34)52(41(35)28-32)31-14-5-2-6-15-31/h1-29H. The molecule has 8 aromatic carbocycles. The number of hydrogen-bond acceptors (Lipinski definition) is 5. The summed E-state index contributed by atoms with van der Waals surface area (Å²) < 4.78 is 18.0. The summed E-state index contributed by atoms with van der Waals surface area (Å²) in [5.41, 5.74) is 10.6. The SMILES string of the molecule is c1ccc(-c2nc3ccc4oc5cc(N(c6ccc7c8ccccc8n(-c8ccccc8)c7c6)c6cccc7sc8ccccc8c67)ccc5c4c3o2)cc1. The zero-order valence-corrected chi connectivity index (χ0v) is 30.1. The highest BCUT2D eigenvalue weighted by Crippen LogP contribution is 2.47. The summed E-state index contributed by atoms with van der Waals surface area (Å²) >= 11 is 1.83. The van der Waals surface area contributed by atoms with E-state index in [4.69, 9.17) is 13.8 Å². The van der Waals surface area contributed by atoms with Crippen molar-refractivity contribution in [2.24, 2.45) is 0 Å². The Balaban J connectivity index is 1.12. The van der Waals surface area contributed by atoms with Gasteiger partial charge in [-0.3, -0.25) is 0 Å². The maximum atomic E-state index is 6.65. The molecule has 4 aromatic heterocycles. The van der Waals surface area contributed by atoms with Crippen molar-refractivity contribution < 1.29 is 8.83 Å². The number of fused-ring (bicyclic) bond motifs is 11. The van der Waals surface area contributed by atoms with E-state index in [0.717, 1.165) is 66.9 Å². The molecule has 6 heteroatoms. The van der Waals surface area contributed by atoms with Crippen molar-refractivity contribution in [2.75, 3.05) is 4.90 Å². The molecule has 258 valence electrons. The van der Waals surface area contributed by atoms with Crippen LogP contribution in [0.15, 0.2) is 185 Å². The Morgan fingerprint density at radius 1 is 0.491 bits per heavy atom. The highest BCUT2D eigenvalue weighted by Gasteiger charge is 2.23. The van der Waals surface area contributed by atoms with E-state index < -0.39 is 0 Å². The minimum absolute atomic E-state index is 0.597. The van der Waals surface area contributed by atoms with Crippen molar-refractivity contribution >= 4 is 103 Å². The molecule has 0 fully saturated rings. The largest absolute Gasteiger partial charge is 0.456 e. The van der Waals surface area contributed by atoms with Gasteiger partial charge in [-0.1, -0.05) is 84.9 Å². The molecule has 0 atom stereocenters. The summed E-state index contributed by atoms with van der Waals surface area (Å²) in [4.78, 5) is 7.23. The number of para-hydroxylation sites is 2. The van der Waals surface area contributed by atoms with Gasteiger partial charge in [0.2, 0.25) is 5.89 Å². The second-order valence-corrected chi connectivity index (χ2v) is 15.0. The van der Waals surface area contributed by atoms with Crippen LogP contribution in [-0.2, 0) is 0 Å². The van der Waals surface area contributed by atoms with E-state index in [1.54, 1.807) is 0 Å². The highest BCUT2D eigenvalue weighted by atomic mass is 32.1. The maximum Gasteiger partial charge on any atom is 0.227 e. The fourth-order valence-corrected chi connectivity index (χ4v) is 9.53. The van der Waals surface area contributed by atoms with Gasteiger partial charge in [0.1, 0.15) is 16.7 Å². The third-order valence-corrected chi connectivity index (χ3v) is 11.9. The van der Waals surface area contributed by atoms with E-state index in [-0.39, 0.29) is 0 Å². The van der Waals surface area contributed by atoms with Crippen molar-refractivity contribution in [3.8, 4) is 17.1 Å². The lowest BCUT2D eigenvalue weighted by Crippen LogP contribution is -2.10. The van der Waals surface area contributed by atoms with Crippen LogP contribution in [0.4, 0.5) is 17.1 Å². The molecule has 12 aromatic rings. The molecule has 5 nitrogen and oxygen atoms in total. The minimum atomic E-state index is 0.597. The van der Waals surface area contributed by atoms with Gasteiger partial charge in [0, 0.05) is 65.0 Å². The molecule has 0 amide bonds. The Kier molecular flexibility index (Phi) is 6.44. The Morgan fingerprint density at radius 2 is 1.20 bits per heavy atom. The monoisotopic (exact) mass is 723 g/mol. The van der Waals surface area contributed by atoms with Crippen LogP contribution in [0.2, 0.25) is 0 Å². The zero-order chi connectivity index (χ0) is 36.0. The van der Waals surface area contributed by atoms with E-state index in [1.807, 2.05) is 53.8 Å². The van der Waals surface area contributed by atoms with Gasteiger partial charge in [-0.2, -0.15) is 0 Å². The molecule has 12 rings (SSSR count). The smallest absolute Gasteiger partial charge is 0.227 e. The average Bonchev–Trinajstić information content (AvgIpc) is 4.01. The fraction of sp³-hybridized carbons (Fsp3) is 0. The predicted octanol–water partition coefficient (Wildman–Crippen LogP) is 14.3. The lowest BCUT2D eigenvalue weighted by atomic mass is 10.1. The average molecular weight is 724 g/mol. The number of oxazole rings is 1. The molecule has 0 aliphatic heterocycles. The molecule has 0 saturated heterocycles. The fourth-order valence-electron chi connectivity index (χ4n) is 8.40. The molecule has 0 N–H and O–H groups in total. The van der Waals surface area contributed by atoms with Crippen LogP contribution in [0.5, 0.6) is 0 Å². The number of aromatic nitrogens is 2. The van der Waals surface area contributed by atoms with Crippen LogP contribution >= 0.6 is 11.3 Å². The number of hydrogen-bond donors (Lipinski definition) is 0. The van der Waals surface area contributed by atoms with Crippen LogP contribution in [0, 0.1) is 0 Å². The van der Waals surface area contributed by atoms with Crippen LogP contribution in [0.25, 0.3) is 92.2 Å². The molecule has 0 aliphatic carbocycles. The van der Waals surface area contributed by atoms with E-state index >= 15 is 0 Å². The maximum absolute atomic E-state index is 6.65. The Morgan fingerprint density at radius 3 is 2.07 bits per heavy atom. The first-order valence-corrected chi connectivity index (χ1v) is 19.2. The third kappa shape index (κ3) is 4.55. The molecule has 0 bridgehead atoms. The number of thiophene rings is 1. The van der Waals surface area contributed by atoms with Gasteiger partial charge in [0.05, 0.1) is 22.1 Å². The van der Waals surface area contributed by atoms with Gasteiger partial charge in [-0.25, -0.2) is 4.98 Å². The van der Waals surface area contributed by atoms with E-state index in [2.05, 4.69) is 143 Å². The van der Waals surface area contributed by atoms with Crippen molar-refractivity contribution in [3.05, 3.63) is 176 Å². The van der Waals surface area contributed by atoms with Gasteiger partial charge in [-0.05, 0) is 84.9 Å². The van der Waals surface area contributed by atoms with Crippen LogP contribution in [0.1, 0.15) is 0 Å². The van der Waals surface area contributed by atoms with Gasteiger partial charge in [-0.15, -0.1) is 11.3 Å². The molecule has 0 saturated carbocycles. The molecular formula is C49H29N3O2S. The number of anilines is 3. The summed E-state index contributed by atoms with van der Waals surface area (Å²) in [5, 5.41) is 6.82. The van der Waals surface area contributed by atoms with Gasteiger partial charge < -0.3 is 18.3 Å². The molecule has 55 heavy (non-hydrogen) atoms. The van der Waals surface area contributed by atoms with Gasteiger partial charge in [0.15, 0.2) is 5.58 Å². The van der Waals surface area contributed by atoms with Gasteiger partial charge >= 0.3 is 0 Å². The topological polar surface area (TPSA) is 47.3 Å². The van der Waals surface area contributed by atoms with E-state index in [0.29, 0.717) is 5.89 Å². The Labute approximate surface area is 318 Å². The quantitative estimate of drug-likeness (QED) is 0.177. The van der Waals surface area contributed by atoms with Crippen molar-refractivity contribution in [1.29, 1.82) is 0 Å². The van der Waals surface area contributed by atoms with Crippen molar-refractivity contribution in [3.63, 3.8) is 0 Å². The first-order chi connectivity index (χ1) is 27.3. The molecule has 0 aliphatic rings. The summed E-state index contributed by atoms with van der Waals surface area (Å²) in [5.74, 6) is 0.597. The Hall–Kier alpha value is -7.15. The van der Waals surface area contributed by atoms with Crippen LogP contribution in [-0.4, -0.2) is 9.55 Å². The summed E-state index contributed by atoms with van der Waals surface area (Å²) in [6, 6.07) is 62.1. The van der Waals surface area contributed by atoms with E-state index in [1.165, 1.54) is 36.5 Å². The number of benzene rings is 8. The first kappa shape index (κ1) is 30.3. The summed E-state index contributed by atoms with van der Waals surface area (Å²) in [6.45, 7) is 0. The van der Waals surface area contributed by atoms with Crippen LogP contribution in [0.3, 0.4) is 0 Å². The summed E-state index contributed by atoms with van der Waals surface area (Å²) in [6.07, 6.45) is 0. The molecule has 0 radical (unpaired) electrons. The number of furan rings is 1. The molecular weight excluding hydrogens is 695 g/mol. The van der Waals surface area contributed by atoms with E-state index in [9.17, 15) is 0 Å². The first-order valence-electron chi connectivity index (χ1n) is 18.4. The number of nitrogens with zero attached hydrogens (tertiary/aromatic N) is 3. The Bertz CT molecular complexity index is 3450. The summed E-state index contributed by atoms with van der Waals surface area (Å²) in [7, 11) is 0.